The Kier molecular flexibility index (Phi) is 2.70. The average Bonchev–Trinajstić information content (AvgIpc) is 2.71. The second-order valence-corrected chi connectivity index (χ2v) is 3.37. The molecule has 1 aromatic carbocycles. The number of carbonyl (C=O) groups is 1. The zero-order valence-corrected chi connectivity index (χ0v) is 9.10. The second-order valence-electron chi connectivity index (χ2n) is 3.37. The molecule has 0 bridgehead atoms. The highest BCUT2D eigenvalue weighted by atomic mass is 16.5. The van der Waals surface area contributed by atoms with Crippen molar-refractivity contribution in [3.05, 3.63) is 30.0 Å². The number of esters is 1. The van der Waals surface area contributed by atoms with Crippen molar-refractivity contribution in [1.82, 2.24) is 10.2 Å². The number of methoxy groups -OCH3 is 1. The van der Waals surface area contributed by atoms with Gasteiger partial charge in [0.15, 0.2) is 11.5 Å². The fourth-order valence-corrected chi connectivity index (χ4v) is 1.56. The number of para-hydroxylation sites is 1. The summed E-state index contributed by atoms with van der Waals surface area (Å²) >= 11 is 0. The number of hydrogen-bond donors (Lipinski definition) is 3. The average molecular weight is 233 g/mol. The Balaban J connectivity index is 2.63. The van der Waals surface area contributed by atoms with Crippen molar-refractivity contribution in [3.8, 4) is 16.9 Å². The van der Waals surface area contributed by atoms with Crippen LogP contribution in [0.2, 0.25) is 0 Å². The predicted octanol–water partition coefficient (Wildman–Crippen LogP) is 1.15. The van der Waals surface area contributed by atoms with Gasteiger partial charge in [0.05, 0.1) is 12.7 Å². The number of benzene rings is 1. The highest BCUT2D eigenvalue weighted by Gasteiger charge is 2.21. The van der Waals surface area contributed by atoms with E-state index in [4.69, 9.17) is 5.73 Å². The molecule has 6 nitrogen and oxygen atoms in total. The third-order valence-corrected chi connectivity index (χ3v) is 2.36. The number of rotatable bonds is 2. The van der Waals surface area contributed by atoms with Crippen LogP contribution in [0.15, 0.2) is 24.3 Å². The van der Waals surface area contributed by atoms with Gasteiger partial charge in [-0.1, -0.05) is 18.2 Å². The molecule has 2 aromatic rings. The first-order chi connectivity index (χ1) is 8.15. The van der Waals surface area contributed by atoms with E-state index >= 15 is 0 Å². The maximum Gasteiger partial charge on any atom is 0.356 e. The zero-order chi connectivity index (χ0) is 12.4. The topological polar surface area (TPSA) is 101 Å². The Morgan fingerprint density at radius 3 is 2.82 bits per heavy atom. The van der Waals surface area contributed by atoms with Crippen LogP contribution in [-0.4, -0.2) is 28.4 Å². The van der Waals surface area contributed by atoms with Gasteiger partial charge >= 0.3 is 5.97 Å². The number of carbonyl (C=O) groups excluding carboxylic acids is 1. The zero-order valence-electron chi connectivity index (χ0n) is 9.10. The van der Waals surface area contributed by atoms with Crippen molar-refractivity contribution in [2.75, 3.05) is 12.8 Å². The molecule has 0 unspecified atom stereocenters. The molecule has 4 N–H and O–H groups in total. The molecule has 0 saturated heterocycles. The van der Waals surface area contributed by atoms with Crippen LogP contribution in [-0.2, 0) is 4.74 Å². The first kappa shape index (κ1) is 11.0. The van der Waals surface area contributed by atoms with Gasteiger partial charge in [0, 0.05) is 5.56 Å². The predicted molar refractivity (Wildman–Crippen MR) is 61.4 cm³/mol. The fraction of sp³-hybridized carbons (Fsp3) is 0.0909. The summed E-state index contributed by atoms with van der Waals surface area (Å²) in [6, 6.07) is 6.54. The quantitative estimate of drug-likeness (QED) is 0.675. The Hall–Kier alpha value is -2.50. The second kappa shape index (κ2) is 4.17. The molecule has 6 heteroatoms. The van der Waals surface area contributed by atoms with E-state index in [1.807, 2.05) is 0 Å². The summed E-state index contributed by atoms with van der Waals surface area (Å²) in [4.78, 5) is 11.5. The molecule has 0 spiro atoms. The standard InChI is InChI=1S/C11H11N3O3/c1-17-11(16)9-8(10(12)14-13-9)6-4-2-3-5-7(6)15/h2-5,15H,1H3,(H3,12,13,14). The number of aromatic amines is 1. The molecule has 2 rings (SSSR count). The molecule has 0 aliphatic heterocycles. The van der Waals surface area contributed by atoms with Crippen LogP contribution >= 0.6 is 0 Å². The van der Waals surface area contributed by atoms with Gasteiger partial charge < -0.3 is 15.6 Å². The van der Waals surface area contributed by atoms with Crippen molar-refractivity contribution in [1.29, 1.82) is 0 Å². The van der Waals surface area contributed by atoms with E-state index in [1.165, 1.54) is 13.2 Å². The molecule has 0 fully saturated rings. The normalized spacial score (nSPS) is 10.2. The largest absolute Gasteiger partial charge is 0.507 e. The van der Waals surface area contributed by atoms with Crippen LogP contribution in [0, 0.1) is 0 Å². The number of phenols is 1. The number of H-pyrrole nitrogens is 1. The minimum Gasteiger partial charge on any atom is -0.507 e. The summed E-state index contributed by atoms with van der Waals surface area (Å²) in [7, 11) is 1.26. The maximum atomic E-state index is 11.5. The Labute approximate surface area is 97.0 Å². The van der Waals surface area contributed by atoms with E-state index in [0.29, 0.717) is 11.1 Å². The highest BCUT2D eigenvalue weighted by Crippen LogP contribution is 2.34. The minimum atomic E-state index is -0.590. The lowest BCUT2D eigenvalue weighted by molar-refractivity contribution is 0.0595. The van der Waals surface area contributed by atoms with Crippen LogP contribution in [0.25, 0.3) is 11.1 Å². The third kappa shape index (κ3) is 1.80. The monoisotopic (exact) mass is 233 g/mol. The molecule has 0 amide bonds. The number of aromatic hydroxyl groups is 1. The lowest BCUT2D eigenvalue weighted by Gasteiger charge is -2.04. The Morgan fingerprint density at radius 1 is 1.47 bits per heavy atom. The van der Waals surface area contributed by atoms with Gasteiger partial charge in [0.1, 0.15) is 5.75 Å². The molecule has 88 valence electrons. The number of nitrogens with one attached hydrogen (secondary N) is 1. The number of hydrogen-bond acceptors (Lipinski definition) is 5. The SMILES string of the molecule is COC(=O)c1[nH]nc(N)c1-c1ccccc1O. The van der Waals surface area contributed by atoms with Crippen LogP contribution in [0.3, 0.4) is 0 Å². The first-order valence-electron chi connectivity index (χ1n) is 4.85. The van der Waals surface area contributed by atoms with Crippen molar-refractivity contribution in [2.45, 2.75) is 0 Å². The molecular formula is C11H11N3O3. The molecule has 17 heavy (non-hydrogen) atoms. The minimum absolute atomic E-state index is 0.0192. The number of nitrogen functional groups attached to an aromatic ring is 1. The third-order valence-electron chi connectivity index (χ3n) is 2.36. The summed E-state index contributed by atoms with van der Waals surface area (Å²) in [5.41, 5.74) is 6.56. The molecule has 0 aliphatic carbocycles. The molecule has 0 atom stereocenters. The van der Waals surface area contributed by atoms with Crippen LogP contribution in [0.4, 0.5) is 5.82 Å². The molecule has 0 saturated carbocycles. The van der Waals surface area contributed by atoms with E-state index in [0.717, 1.165) is 0 Å². The molecule has 0 aliphatic rings. The van der Waals surface area contributed by atoms with E-state index in [1.54, 1.807) is 18.2 Å². The van der Waals surface area contributed by atoms with E-state index in [9.17, 15) is 9.90 Å². The van der Waals surface area contributed by atoms with Gasteiger partial charge in [0.25, 0.3) is 0 Å². The molecular weight excluding hydrogens is 222 g/mol. The smallest absolute Gasteiger partial charge is 0.356 e. The van der Waals surface area contributed by atoms with Crippen molar-refractivity contribution < 1.29 is 14.6 Å². The van der Waals surface area contributed by atoms with Crippen LogP contribution in [0.1, 0.15) is 10.5 Å². The van der Waals surface area contributed by atoms with Gasteiger partial charge in [-0.2, -0.15) is 5.10 Å². The number of aromatic nitrogens is 2. The summed E-state index contributed by atoms with van der Waals surface area (Å²) in [6.07, 6.45) is 0. The van der Waals surface area contributed by atoms with Gasteiger partial charge in [-0.3, -0.25) is 5.10 Å². The van der Waals surface area contributed by atoms with Crippen molar-refractivity contribution >= 4 is 11.8 Å². The number of phenolic OH excluding ortho intramolecular Hbond substituents is 1. The number of nitrogens with two attached hydrogens (primary N) is 1. The van der Waals surface area contributed by atoms with Gasteiger partial charge in [-0.05, 0) is 6.07 Å². The molecule has 0 radical (unpaired) electrons. The van der Waals surface area contributed by atoms with Gasteiger partial charge in [-0.15, -0.1) is 0 Å². The van der Waals surface area contributed by atoms with E-state index < -0.39 is 5.97 Å². The number of anilines is 1. The lowest BCUT2D eigenvalue weighted by Crippen LogP contribution is -2.03. The summed E-state index contributed by atoms with van der Waals surface area (Å²) in [5.74, 6) is -0.440. The summed E-state index contributed by atoms with van der Waals surface area (Å²) < 4.78 is 4.60. The lowest BCUT2D eigenvalue weighted by atomic mass is 10.0. The maximum absolute atomic E-state index is 11.5. The Bertz CT molecular complexity index is 563. The summed E-state index contributed by atoms with van der Waals surface area (Å²) in [5, 5.41) is 16.0. The molecule has 1 heterocycles. The van der Waals surface area contributed by atoms with Crippen molar-refractivity contribution in [3.63, 3.8) is 0 Å². The highest BCUT2D eigenvalue weighted by molar-refractivity contribution is 5.99. The fourth-order valence-electron chi connectivity index (χ4n) is 1.56. The van der Waals surface area contributed by atoms with E-state index in [-0.39, 0.29) is 17.3 Å². The molecule has 1 aromatic heterocycles. The number of nitrogens with zero attached hydrogens (tertiary/aromatic N) is 1. The van der Waals surface area contributed by atoms with E-state index in [2.05, 4.69) is 14.9 Å². The van der Waals surface area contributed by atoms with Gasteiger partial charge in [0.2, 0.25) is 0 Å². The first-order valence-corrected chi connectivity index (χ1v) is 4.85. The number of ether oxygens (including phenoxy) is 1. The van der Waals surface area contributed by atoms with Crippen LogP contribution < -0.4 is 5.73 Å². The Morgan fingerprint density at radius 2 is 2.18 bits per heavy atom. The summed E-state index contributed by atoms with van der Waals surface area (Å²) in [6.45, 7) is 0. The van der Waals surface area contributed by atoms with Crippen molar-refractivity contribution in [2.24, 2.45) is 0 Å². The van der Waals surface area contributed by atoms with Gasteiger partial charge in [-0.25, -0.2) is 4.79 Å². The van der Waals surface area contributed by atoms with Crippen LogP contribution in [0.5, 0.6) is 5.75 Å².